The van der Waals surface area contributed by atoms with E-state index >= 15 is 0 Å². The van der Waals surface area contributed by atoms with Gasteiger partial charge in [-0.2, -0.15) is 0 Å². The van der Waals surface area contributed by atoms with Crippen LogP contribution in [0.1, 0.15) is 19.1 Å². The van der Waals surface area contributed by atoms with Gasteiger partial charge in [0.25, 0.3) is 0 Å². The monoisotopic (exact) mass is 252 g/mol. The molecule has 1 aliphatic rings. The quantitative estimate of drug-likeness (QED) is 0.802. The average molecular weight is 252 g/mol. The first-order valence-electron chi connectivity index (χ1n) is 6.75. The van der Waals surface area contributed by atoms with Crippen LogP contribution in [0.3, 0.4) is 0 Å². The normalized spacial score (nSPS) is 22.4. The van der Waals surface area contributed by atoms with Crippen LogP contribution in [0.4, 0.5) is 0 Å². The Morgan fingerprint density at radius 3 is 3.22 bits per heavy atom. The molecule has 0 saturated carbocycles. The van der Waals surface area contributed by atoms with Gasteiger partial charge in [-0.15, -0.1) is 0 Å². The predicted molar refractivity (Wildman–Crippen MR) is 71.4 cm³/mol. The first kappa shape index (κ1) is 13.6. The fourth-order valence-corrected chi connectivity index (χ4v) is 2.58. The second kappa shape index (κ2) is 6.92. The molecule has 2 unspecified atom stereocenters. The van der Waals surface area contributed by atoms with Crippen molar-refractivity contribution in [2.75, 3.05) is 33.4 Å². The third-order valence-corrected chi connectivity index (χ3v) is 3.66. The van der Waals surface area contributed by atoms with Gasteiger partial charge in [0.2, 0.25) is 0 Å². The molecule has 1 saturated heterocycles. The molecule has 0 aliphatic carbocycles. The van der Waals surface area contributed by atoms with Crippen LogP contribution in [0.25, 0.3) is 0 Å². The molecule has 0 amide bonds. The van der Waals surface area contributed by atoms with E-state index in [1.807, 2.05) is 12.1 Å². The Bertz CT molecular complexity index is 327. The predicted octanol–water partition coefficient (Wildman–Crippen LogP) is 1.73. The van der Waals surface area contributed by atoms with Crippen LogP contribution in [-0.4, -0.2) is 44.3 Å². The summed E-state index contributed by atoms with van der Waals surface area (Å²) in [6.45, 7) is 7.34. The zero-order valence-electron chi connectivity index (χ0n) is 11.4. The standard InChI is InChI=1S/C14H24N2O2/c1-12(8-15-9-14-4-3-7-18-14)16-6-5-13(10-16)11-17-2/h3-4,7,12-13,15H,5-6,8-11H2,1-2H3. The first-order chi connectivity index (χ1) is 8.79. The first-order valence-corrected chi connectivity index (χ1v) is 6.75. The molecule has 2 heterocycles. The van der Waals surface area contributed by atoms with Crippen LogP contribution in [-0.2, 0) is 11.3 Å². The maximum absolute atomic E-state index is 5.30. The molecule has 2 rings (SSSR count). The lowest BCUT2D eigenvalue weighted by atomic mass is 10.1. The molecule has 1 aliphatic heterocycles. The topological polar surface area (TPSA) is 37.6 Å². The van der Waals surface area contributed by atoms with Crippen molar-refractivity contribution in [2.24, 2.45) is 5.92 Å². The average Bonchev–Trinajstić information content (AvgIpc) is 3.00. The fraction of sp³-hybridized carbons (Fsp3) is 0.714. The molecular weight excluding hydrogens is 228 g/mol. The molecule has 0 spiro atoms. The van der Waals surface area contributed by atoms with Gasteiger partial charge in [0, 0.05) is 26.2 Å². The minimum absolute atomic E-state index is 0.571. The smallest absolute Gasteiger partial charge is 0.117 e. The van der Waals surface area contributed by atoms with Gasteiger partial charge in [-0.3, -0.25) is 4.90 Å². The van der Waals surface area contributed by atoms with Gasteiger partial charge in [0.15, 0.2) is 0 Å². The molecule has 102 valence electrons. The Kier molecular flexibility index (Phi) is 5.23. The van der Waals surface area contributed by atoms with Crippen molar-refractivity contribution in [2.45, 2.75) is 25.9 Å². The summed E-state index contributed by atoms with van der Waals surface area (Å²) in [4.78, 5) is 2.54. The molecule has 1 aromatic heterocycles. The summed E-state index contributed by atoms with van der Waals surface area (Å²) in [7, 11) is 1.79. The number of furan rings is 1. The van der Waals surface area contributed by atoms with Crippen molar-refractivity contribution in [1.82, 2.24) is 10.2 Å². The molecule has 4 nitrogen and oxygen atoms in total. The molecule has 0 aromatic carbocycles. The lowest BCUT2D eigenvalue weighted by molar-refractivity contribution is 0.148. The summed E-state index contributed by atoms with van der Waals surface area (Å²) in [5.74, 6) is 1.71. The summed E-state index contributed by atoms with van der Waals surface area (Å²) in [5.41, 5.74) is 0. The van der Waals surface area contributed by atoms with E-state index in [-0.39, 0.29) is 0 Å². The fourth-order valence-electron chi connectivity index (χ4n) is 2.58. The lowest BCUT2D eigenvalue weighted by Crippen LogP contribution is -2.39. The maximum Gasteiger partial charge on any atom is 0.117 e. The van der Waals surface area contributed by atoms with Crippen molar-refractivity contribution >= 4 is 0 Å². The Balaban J connectivity index is 1.64. The van der Waals surface area contributed by atoms with E-state index in [9.17, 15) is 0 Å². The number of methoxy groups -OCH3 is 1. The Labute approximate surface area is 109 Å². The van der Waals surface area contributed by atoms with E-state index < -0.39 is 0 Å². The highest BCUT2D eigenvalue weighted by molar-refractivity contribution is 4.97. The molecule has 4 heteroatoms. The van der Waals surface area contributed by atoms with Crippen LogP contribution in [0.5, 0.6) is 0 Å². The third-order valence-electron chi connectivity index (χ3n) is 3.66. The highest BCUT2D eigenvalue weighted by atomic mass is 16.5. The minimum atomic E-state index is 0.571. The van der Waals surface area contributed by atoms with Crippen LogP contribution in [0.2, 0.25) is 0 Å². The number of nitrogens with one attached hydrogen (secondary N) is 1. The van der Waals surface area contributed by atoms with E-state index in [0.29, 0.717) is 12.0 Å². The maximum atomic E-state index is 5.30. The van der Waals surface area contributed by atoms with Crippen LogP contribution in [0, 0.1) is 5.92 Å². The largest absolute Gasteiger partial charge is 0.468 e. The minimum Gasteiger partial charge on any atom is -0.468 e. The van der Waals surface area contributed by atoms with E-state index in [4.69, 9.17) is 9.15 Å². The molecule has 2 atom stereocenters. The van der Waals surface area contributed by atoms with E-state index in [0.717, 1.165) is 32.0 Å². The van der Waals surface area contributed by atoms with Crippen molar-refractivity contribution in [1.29, 1.82) is 0 Å². The SMILES string of the molecule is COCC1CCN(C(C)CNCc2ccco2)C1. The Morgan fingerprint density at radius 2 is 2.50 bits per heavy atom. The summed E-state index contributed by atoms with van der Waals surface area (Å²) >= 11 is 0. The van der Waals surface area contributed by atoms with Crippen molar-refractivity contribution in [3.05, 3.63) is 24.2 Å². The van der Waals surface area contributed by atoms with Crippen LogP contribution >= 0.6 is 0 Å². The van der Waals surface area contributed by atoms with E-state index in [2.05, 4.69) is 17.1 Å². The summed E-state index contributed by atoms with van der Waals surface area (Å²) in [6, 6.07) is 4.50. The summed E-state index contributed by atoms with van der Waals surface area (Å²) in [5, 5.41) is 3.44. The zero-order valence-corrected chi connectivity index (χ0v) is 11.4. The number of rotatable bonds is 7. The van der Waals surface area contributed by atoms with Gasteiger partial charge < -0.3 is 14.5 Å². The van der Waals surface area contributed by atoms with E-state index in [1.54, 1.807) is 13.4 Å². The summed E-state index contributed by atoms with van der Waals surface area (Å²) in [6.07, 6.45) is 2.98. The molecule has 0 radical (unpaired) electrons. The number of ether oxygens (including phenoxy) is 1. The van der Waals surface area contributed by atoms with Gasteiger partial charge in [-0.05, 0) is 37.9 Å². The van der Waals surface area contributed by atoms with Gasteiger partial charge >= 0.3 is 0 Å². The molecule has 1 aromatic rings. The molecular formula is C14H24N2O2. The second-order valence-corrected chi connectivity index (χ2v) is 5.16. The van der Waals surface area contributed by atoms with E-state index in [1.165, 1.54) is 13.0 Å². The zero-order chi connectivity index (χ0) is 12.8. The number of nitrogens with zero attached hydrogens (tertiary/aromatic N) is 1. The van der Waals surface area contributed by atoms with Crippen molar-refractivity contribution < 1.29 is 9.15 Å². The molecule has 18 heavy (non-hydrogen) atoms. The Hall–Kier alpha value is -0.840. The van der Waals surface area contributed by atoms with Crippen LogP contribution in [0.15, 0.2) is 22.8 Å². The number of likely N-dealkylation sites (tertiary alicyclic amines) is 1. The molecule has 1 fully saturated rings. The summed E-state index contributed by atoms with van der Waals surface area (Å²) < 4.78 is 10.5. The highest BCUT2D eigenvalue weighted by Gasteiger charge is 2.25. The lowest BCUT2D eigenvalue weighted by Gasteiger charge is -2.24. The van der Waals surface area contributed by atoms with Gasteiger partial charge in [0.05, 0.1) is 19.4 Å². The third kappa shape index (κ3) is 3.83. The van der Waals surface area contributed by atoms with Gasteiger partial charge in [-0.25, -0.2) is 0 Å². The van der Waals surface area contributed by atoms with Crippen molar-refractivity contribution in [3.8, 4) is 0 Å². The molecule has 0 bridgehead atoms. The Morgan fingerprint density at radius 1 is 1.61 bits per heavy atom. The van der Waals surface area contributed by atoms with Crippen molar-refractivity contribution in [3.63, 3.8) is 0 Å². The highest BCUT2D eigenvalue weighted by Crippen LogP contribution is 2.18. The number of hydrogen-bond donors (Lipinski definition) is 1. The van der Waals surface area contributed by atoms with Crippen LogP contribution < -0.4 is 5.32 Å². The van der Waals surface area contributed by atoms with Gasteiger partial charge in [-0.1, -0.05) is 0 Å². The number of hydrogen-bond acceptors (Lipinski definition) is 4. The second-order valence-electron chi connectivity index (χ2n) is 5.16. The molecule has 1 N–H and O–H groups in total. The van der Waals surface area contributed by atoms with Gasteiger partial charge in [0.1, 0.15) is 5.76 Å².